The summed E-state index contributed by atoms with van der Waals surface area (Å²) in [5.41, 5.74) is 0.154. The van der Waals surface area contributed by atoms with Crippen molar-refractivity contribution in [1.82, 2.24) is 0 Å². The van der Waals surface area contributed by atoms with E-state index in [4.69, 9.17) is 9.47 Å². The average molecular weight is 242 g/mol. The van der Waals surface area contributed by atoms with Crippen LogP contribution >= 0.6 is 0 Å². The number of rotatable bonds is 5. The van der Waals surface area contributed by atoms with Gasteiger partial charge in [0.25, 0.3) is 0 Å². The van der Waals surface area contributed by atoms with Crippen molar-refractivity contribution < 1.29 is 19.0 Å². The highest BCUT2D eigenvalue weighted by atomic mass is 19.1. The van der Waals surface area contributed by atoms with E-state index in [9.17, 15) is 9.50 Å². The zero-order valence-corrected chi connectivity index (χ0v) is 10.7. The third-order valence-corrected chi connectivity index (χ3v) is 2.78. The smallest absolute Gasteiger partial charge is 0.136 e. The second-order valence-electron chi connectivity index (χ2n) is 4.59. The molecule has 17 heavy (non-hydrogen) atoms. The Morgan fingerprint density at radius 3 is 2.41 bits per heavy atom. The minimum absolute atomic E-state index is 0.156. The minimum Gasteiger partial charge on any atom is -0.496 e. The second kappa shape index (κ2) is 5.47. The molecule has 0 atom stereocenters. The number of hydrogen-bond acceptors (Lipinski definition) is 3. The normalized spacial score (nSPS) is 11.6. The molecule has 0 aliphatic heterocycles. The van der Waals surface area contributed by atoms with Crippen LogP contribution in [0.2, 0.25) is 0 Å². The quantitative estimate of drug-likeness (QED) is 0.860. The van der Waals surface area contributed by atoms with Crippen molar-refractivity contribution in [2.75, 3.05) is 20.8 Å². The maximum absolute atomic E-state index is 14.3. The van der Waals surface area contributed by atoms with Crippen molar-refractivity contribution in [3.8, 4) is 5.75 Å². The van der Waals surface area contributed by atoms with Crippen molar-refractivity contribution in [1.29, 1.82) is 0 Å². The molecule has 0 heterocycles. The molecule has 1 rings (SSSR count). The highest BCUT2D eigenvalue weighted by molar-refractivity contribution is 5.43. The molecule has 1 N–H and O–H groups in total. The fraction of sp³-hybridized carbons (Fsp3) is 0.538. The standard InChI is InChI=1S/C13H19FO3/c1-13(2,8-15)11-10(17-4)6-5-9(7-16-3)12(11)14/h5-6,15H,7-8H2,1-4H3. The van der Waals surface area contributed by atoms with Crippen molar-refractivity contribution in [2.24, 2.45) is 0 Å². The Hall–Kier alpha value is -1.13. The van der Waals surface area contributed by atoms with Crippen molar-refractivity contribution >= 4 is 0 Å². The van der Waals surface area contributed by atoms with Crippen LogP contribution in [-0.4, -0.2) is 25.9 Å². The highest BCUT2D eigenvalue weighted by Crippen LogP contribution is 2.35. The van der Waals surface area contributed by atoms with Crippen molar-refractivity contribution in [3.05, 3.63) is 29.1 Å². The van der Waals surface area contributed by atoms with Gasteiger partial charge in [-0.15, -0.1) is 0 Å². The summed E-state index contributed by atoms with van der Waals surface area (Å²) in [6.07, 6.45) is 0. The molecule has 0 unspecified atom stereocenters. The van der Waals surface area contributed by atoms with Crippen LogP contribution in [0.15, 0.2) is 12.1 Å². The molecule has 0 aliphatic carbocycles. The van der Waals surface area contributed by atoms with Crippen LogP contribution in [0.25, 0.3) is 0 Å². The van der Waals surface area contributed by atoms with Gasteiger partial charge in [-0.05, 0) is 6.07 Å². The lowest BCUT2D eigenvalue weighted by atomic mass is 9.83. The molecular formula is C13H19FO3. The molecule has 0 saturated heterocycles. The summed E-state index contributed by atoms with van der Waals surface area (Å²) < 4.78 is 24.4. The maximum Gasteiger partial charge on any atom is 0.136 e. The van der Waals surface area contributed by atoms with Crippen molar-refractivity contribution in [3.63, 3.8) is 0 Å². The molecule has 96 valence electrons. The summed E-state index contributed by atoms with van der Waals surface area (Å²) in [5, 5.41) is 9.36. The van der Waals surface area contributed by atoms with Gasteiger partial charge in [-0.2, -0.15) is 0 Å². The van der Waals surface area contributed by atoms with E-state index in [0.717, 1.165) is 0 Å². The molecule has 0 fully saturated rings. The molecule has 0 bridgehead atoms. The first-order chi connectivity index (χ1) is 7.97. The third kappa shape index (κ3) is 2.76. The Kier molecular flexibility index (Phi) is 4.48. The van der Waals surface area contributed by atoms with Crippen LogP contribution in [0.4, 0.5) is 4.39 Å². The highest BCUT2D eigenvalue weighted by Gasteiger charge is 2.29. The molecule has 0 saturated carbocycles. The number of ether oxygens (including phenoxy) is 2. The van der Waals surface area contributed by atoms with Gasteiger partial charge in [0.2, 0.25) is 0 Å². The minimum atomic E-state index is -0.695. The predicted molar refractivity (Wildman–Crippen MR) is 63.8 cm³/mol. The monoisotopic (exact) mass is 242 g/mol. The Morgan fingerprint density at radius 2 is 1.94 bits per heavy atom. The number of hydrogen-bond donors (Lipinski definition) is 1. The molecule has 0 spiro atoms. The first-order valence-electron chi connectivity index (χ1n) is 5.43. The van der Waals surface area contributed by atoms with Gasteiger partial charge in [-0.25, -0.2) is 4.39 Å². The molecule has 1 aromatic rings. The summed E-state index contributed by atoms with van der Waals surface area (Å²) in [4.78, 5) is 0. The van der Waals surface area contributed by atoms with Gasteiger partial charge in [0.15, 0.2) is 0 Å². The van der Waals surface area contributed by atoms with E-state index in [1.165, 1.54) is 14.2 Å². The molecular weight excluding hydrogens is 223 g/mol. The Balaban J connectivity index is 3.37. The third-order valence-electron chi connectivity index (χ3n) is 2.78. The van der Waals surface area contributed by atoms with E-state index >= 15 is 0 Å². The number of benzene rings is 1. The Morgan fingerprint density at radius 1 is 1.29 bits per heavy atom. The number of methoxy groups -OCH3 is 2. The van der Waals surface area contributed by atoms with Crippen LogP contribution in [0.1, 0.15) is 25.0 Å². The van der Waals surface area contributed by atoms with Gasteiger partial charge in [-0.3, -0.25) is 0 Å². The average Bonchev–Trinajstić information content (AvgIpc) is 2.31. The number of aliphatic hydroxyl groups excluding tert-OH is 1. The second-order valence-corrected chi connectivity index (χ2v) is 4.59. The summed E-state index contributed by atoms with van der Waals surface area (Å²) in [6.45, 7) is 3.58. The molecule has 0 amide bonds. The van der Waals surface area contributed by atoms with E-state index in [-0.39, 0.29) is 19.0 Å². The molecule has 3 nitrogen and oxygen atoms in total. The zero-order valence-electron chi connectivity index (χ0n) is 10.7. The van der Waals surface area contributed by atoms with Gasteiger partial charge in [0.1, 0.15) is 11.6 Å². The number of halogens is 1. The van der Waals surface area contributed by atoms with Crippen LogP contribution in [0, 0.1) is 5.82 Å². The largest absolute Gasteiger partial charge is 0.496 e. The maximum atomic E-state index is 14.3. The van der Waals surface area contributed by atoms with Gasteiger partial charge >= 0.3 is 0 Å². The van der Waals surface area contributed by atoms with E-state index in [1.54, 1.807) is 26.0 Å². The number of aliphatic hydroxyl groups is 1. The zero-order chi connectivity index (χ0) is 13.1. The lowest BCUT2D eigenvalue weighted by molar-refractivity contribution is 0.179. The lowest BCUT2D eigenvalue weighted by Gasteiger charge is -2.26. The summed E-state index contributed by atoms with van der Waals surface area (Å²) in [5.74, 6) is 0.0756. The van der Waals surface area contributed by atoms with Crippen molar-refractivity contribution in [2.45, 2.75) is 25.9 Å². The van der Waals surface area contributed by atoms with Gasteiger partial charge in [0.05, 0.1) is 20.3 Å². The van der Waals surface area contributed by atoms with Gasteiger partial charge in [-0.1, -0.05) is 19.9 Å². The first kappa shape index (κ1) is 13.9. The SMILES string of the molecule is COCc1ccc(OC)c(C(C)(C)CO)c1F. The topological polar surface area (TPSA) is 38.7 Å². The van der Waals surface area contributed by atoms with E-state index in [1.807, 2.05) is 0 Å². The summed E-state index contributed by atoms with van der Waals surface area (Å²) >= 11 is 0. The Labute approximate surface area is 101 Å². The van der Waals surface area contributed by atoms with Crippen LogP contribution in [0.3, 0.4) is 0 Å². The summed E-state index contributed by atoms with van der Waals surface area (Å²) in [6, 6.07) is 3.33. The van der Waals surface area contributed by atoms with E-state index in [0.29, 0.717) is 16.9 Å². The fourth-order valence-electron chi connectivity index (χ4n) is 1.75. The predicted octanol–water partition coefficient (Wildman–Crippen LogP) is 2.25. The van der Waals surface area contributed by atoms with E-state index in [2.05, 4.69) is 0 Å². The Bertz CT molecular complexity index is 388. The van der Waals surface area contributed by atoms with Crippen LogP contribution in [-0.2, 0) is 16.8 Å². The van der Waals surface area contributed by atoms with Gasteiger partial charge < -0.3 is 14.6 Å². The fourth-order valence-corrected chi connectivity index (χ4v) is 1.75. The van der Waals surface area contributed by atoms with Crippen LogP contribution in [0.5, 0.6) is 5.75 Å². The molecule has 0 aromatic heterocycles. The molecule has 0 radical (unpaired) electrons. The van der Waals surface area contributed by atoms with E-state index < -0.39 is 5.41 Å². The molecule has 4 heteroatoms. The first-order valence-corrected chi connectivity index (χ1v) is 5.43. The lowest BCUT2D eigenvalue weighted by Crippen LogP contribution is -2.25. The van der Waals surface area contributed by atoms with Gasteiger partial charge in [0, 0.05) is 23.7 Å². The molecule has 1 aromatic carbocycles. The summed E-state index contributed by atoms with van der Waals surface area (Å²) in [7, 11) is 3.00. The molecule has 0 aliphatic rings. The van der Waals surface area contributed by atoms with Crippen LogP contribution < -0.4 is 4.74 Å².